The predicted molar refractivity (Wildman–Crippen MR) is 50.5 cm³/mol. The summed E-state index contributed by atoms with van der Waals surface area (Å²) in [5.74, 6) is 0. The topological polar surface area (TPSA) is 0 Å². The Labute approximate surface area is 75.0 Å². The molecule has 38 valence electrons. The standard InChI is InChI=1S/CHCl2I2P/c2-6(3)1(4)5/h1H. The van der Waals surface area contributed by atoms with E-state index in [2.05, 4.69) is 45.2 Å². The van der Waals surface area contributed by atoms with E-state index in [4.69, 9.17) is 22.5 Å². The van der Waals surface area contributed by atoms with Crippen molar-refractivity contribution in [2.75, 3.05) is 0 Å². The highest BCUT2D eigenvalue weighted by molar-refractivity contribution is 14.2. The van der Waals surface area contributed by atoms with Crippen molar-refractivity contribution in [1.29, 1.82) is 0 Å². The van der Waals surface area contributed by atoms with E-state index in [9.17, 15) is 0 Å². The molecule has 0 aromatic carbocycles. The van der Waals surface area contributed by atoms with Gasteiger partial charge in [-0.05, 0) is 0 Å². The largest absolute Gasteiger partial charge is 0.110 e. The number of halogens is 4. The normalized spacial score (nSPS) is 11.0. The third-order valence-corrected chi connectivity index (χ3v) is 8.91. The Morgan fingerprint density at radius 1 is 1.33 bits per heavy atom. The Bertz CT molecular complexity index is 32.5. The molecular weight excluding hydrogens is 368 g/mol. The van der Waals surface area contributed by atoms with Gasteiger partial charge in [0, 0.05) is 0 Å². The molecule has 0 saturated heterocycles. The van der Waals surface area contributed by atoms with E-state index in [0.717, 1.165) is 0 Å². The Morgan fingerprint density at radius 2 is 1.50 bits per heavy atom. The summed E-state index contributed by atoms with van der Waals surface area (Å²) in [4.78, 5) is 0. The van der Waals surface area contributed by atoms with Gasteiger partial charge in [-0.25, -0.2) is 0 Å². The lowest BCUT2D eigenvalue weighted by Gasteiger charge is -1.95. The molecular formula is CHCl2I2P. The molecule has 0 unspecified atom stereocenters. The fraction of sp³-hybridized carbons (Fsp3) is 1.00. The third kappa shape index (κ3) is 4.62. The van der Waals surface area contributed by atoms with Gasteiger partial charge in [-0.15, -0.1) is 0 Å². The number of alkyl halides is 2. The minimum absolute atomic E-state index is 0.388. The molecule has 0 aliphatic carbocycles. The third-order valence-electron chi connectivity index (χ3n) is 0.148. The number of hydrogen-bond acceptors (Lipinski definition) is 0. The van der Waals surface area contributed by atoms with E-state index < -0.39 is 6.63 Å². The molecule has 0 aliphatic rings. The second-order valence-electron chi connectivity index (χ2n) is 0.537. The smallest absolute Gasteiger partial charge is 0.0761 e. The second kappa shape index (κ2) is 4.36. The van der Waals surface area contributed by atoms with Gasteiger partial charge in [0.15, 0.2) is 0 Å². The average molecular weight is 369 g/mol. The predicted octanol–water partition coefficient (Wildman–Crippen LogP) is 3.93. The monoisotopic (exact) mass is 368 g/mol. The molecule has 0 atom stereocenters. The Balaban J connectivity index is 2.99. The zero-order chi connectivity index (χ0) is 5.15. The van der Waals surface area contributed by atoms with E-state index in [1.807, 2.05) is 0 Å². The molecule has 0 amide bonds. The maximum Gasteiger partial charge on any atom is 0.110 e. The van der Waals surface area contributed by atoms with Gasteiger partial charge in [0.2, 0.25) is 0 Å². The maximum atomic E-state index is 5.43. The molecule has 0 saturated carbocycles. The summed E-state index contributed by atoms with van der Waals surface area (Å²) in [6.45, 7) is -0.742. The Hall–Kier alpha value is 2.47. The van der Waals surface area contributed by atoms with Crippen LogP contribution in [0.3, 0.4) is 0 Å². The molecule has 0 N–H and O–H groups in total. The molecule has 6 heavy (non-hydrogen) atoms. The first-order valence-corrected chi connectivity index (χ1v) is 6.74. The van der Waals surface area contributed by atoms with Crippen LogP contribution in [0.4, 0.5) is 0 Å². The molecule has 0 heterocycles. The van der Waals surface area contributed by atoms with E-state index in [0.29, 0.717) is 1.67 Å². The summed E-state index contributed by atoms with van der Waals surface area (Å²) in [5, 5.41) is 0. The van der Waals surface area contributed by atoms with Gasteiger partial charge < -0.3 is 0 Å². The van der Waals surface area contributed by atoms with E-state index in [1.165, 1.54) is 0 Å². The molecule has 0 aromatic heterocycles. The van der Waals surface area contributed by atoms with Gasteiger partial charge in [0.05, 0.1) is 0 Å². The summed E-state index contributed by atoms with van der Waals surface area (Å²) in [6.07, 6.45) is 0. The highest BCUT2D eigenvalue weighted by atomic mass is 127. The summed E-state index contributed by atoms with van der Waals surface area (Å²) < 4.78 is 0.388. The van der Waals surface area contributed by atoms with Crippen LogP contribution in [0.15, 0.2) is 0 Å². The number of rotatable bonds is 1. The van der Waals surface area contributed by atoms with Crippen LogP contribution in [0.1, 0.15) is 0 Å². The second-order valence-corrected chi connectivity index (χ2v) is 11.1. The quantitative estimate of drug-likeness (QED) is 0.374. The molecule has 0 aromatic rings. The van der Waals surface area contributed by atoms with E-state index >= 15 is 0 Å². The zero-order valence-corrected chi connectivity index (χ0v) is 9.26. The first kappa shape index (κ1) is 8.47. The molecule has 0 radical (unpaired) electrons. The first-order valence-electron chi connectivity index (χ1n) is 1.03. The van der Waals surface area contributed by atoms with Crippen LogP contribution in [0.5, 0.6) is 0 Å². The molecule has 0 spiro atoms. The van der Waals surface area contributed by atoms with Crippen LogP contribution in [-0.2, 0) is 0 Å². The summed E-state index contributed by atoms with van der Waals surface area (Å²) in [5.41, 5.74) is 0. The van der Waals surface area contributed by atoms with Crippen LogP contribution in [-0.4, -0.2) is 1.67 Å². The molecule has 0 rings (SSSR count). The van der Waals surface area contributed by atoms with Crippen molar-refractivity contribution in [3.8, 4) is 0 Å². The Morgan fingerprint density at radius 3 is 1.50 bits per heavy atom. The maximum absolute atomic E-state index is 5.43. The zero-order valence-electron chi connectivity index (χ0n) is 2.54. The molecule has 0 fully saturated rings. The first-order chi connectivity index (χ1) is 2.64. The lowest BCUT2D eigenvalue weighted by molar-refractivity contribution is 2.31. The fourth-order valence-electron chi connectivity index (χ4n) is 0. The van der Waals surface area contributed by atoms with Crippen molar-refractivity contribution in [2.45, 2.75) is 1.67 Å². The molecule has 0 aliphatic heterocycles. The van der Waals surface area contributed by atoms with Crippen molar-refractivity contribution in [3.05, 3.63) is 0 Å². The van der Waals surface area contributed by atoms with Crippen molar-refractivity contribution in [3.63, 3.8) is 0 Å². The van der Waals surface area contributed by atoms with Gasteiger partial charge in [-0.2, -0.15) is 0 Å². The Kier molecular flexibility index (Phi) is 6.15. The van der Waals surface area contributed by atoms with Crippen LogP contribution in [0.25, 0.3) is 0 Å². The summed E-state index contributed by atoms with van der Waals surface area (Å²) >= 11 is 15.2. The van der Waals surface area contributed by atoms with Crippen molar-refractivity contribution in [2.24, 2.45) is 0 Å². The number of hydrogen-bond donors (Lipinski definition) is 0. The van der Waals surface area contributed by atoms with Crippen molar-refractivity contribution in [1.82, 2.24) is 0 Å². The van der Waals surface area contributed by atoms with E-state index in [-0.39, 0.29) is 0 Å². The highest BCUT2D eigenvalue weighted by Crippen LogP contribution is 2.57. The minimum atomic E-state index is -0.742. The van der Waals surface area contributed by atoms with Gasteiger partial charge in [0.25, 0.3) is 0 Å². The molecule has 5 heteroatoms. The van der Waals surface area contributed by atoms with Gasteiger partial charge >= 0.3 is 0 Å². The van der Waals surface area contributed by atoms with Crippen LogP contribution in [0.2, 0.25) is 0 Å². The van der Waals surface area contributed by atoms with Gasteiger partial charge in [0.1, 0.15) is 8.30 Å². The molecule has 0 bridgehead atoms. The summed E-state index contributed by atoms with van der Waals surface area (Å²) in [6, 6.07) is 0. The minimum Gasteiger partial charge on any atom is -0.0761 e. The molecule has 0 nitrogen and oxygen atoms in total. The highest BCUT2D eigenvalue weighted by Gasteiger charge is 2.05. The van der Waals surface area contributed by atoms with Crippen LogP contribution < -0.4 is 0 Å². The summed E-state index contributed by atoms with van der Waals surface area (Å²) in [7, 11) is 0. The van der Waals surface area contributed by atoms with E-state index in [1.54, 1.807) is 0 Å². The lowest BCUT2D eigenvalue weighted by atomic mass is 11.9. The van der Waals surface area contributed by atoms with Crippen LogP contribution >= 0.6 is 74.3 Å². The van der Waals surface area contributed by atoms with Crippen molar-refractivity contribution >= 4 is 74.3 Å². The van der Waals surface area contributed by atoms with Crippen molar-refractivity contribution < 1.29 is 0 Å². The fourth-order valence-corrected chi connectivity index (χ4v) is 0. The van der Waals surface area contributed by atoms with Gasteiger partial charge in [-0.1, -0.05) is 67.7 Å². The van der Waals surface area contributed by atoms with Gasteiger partial charge in [-0.3, -0.25) is 0 Å². The lowest BCUT2D eigenvalue weighted by Crippen LogP contribution is -1.62. The SMILES string of the molecule is ClP(Cl)C(I)I. The van der Waals surface area contributed by atoms with Crippen LogP contribution in [0, 0.1) is 0 Å². The average Bonchev–Trinajstić information content (AvgIpc) is 1.36.